The van der Waals surface area contributed by atoms with Gasteiger partial charge in [-0.25, -0.2) is 4.79 Å². The minimum absolute atomic E-state index is 0.262. The molecular weight excluding hydrogens is 300 g/mol. The molecule has 5 nitrogen and oxygen atoms in total. The zero-order chi connectivity index (χ0) is 16.0. The minimum atomic E-state index is -1.08. The lowest BCUT2D eigenvalue weighted by molar-refractivity contribution is 0.0281. The molecule has 0 spiro atoms. The van der Waals surface area contributed by atoms with Crippen LogP contribution in [0.1, 0.15) is 38.5 Å². The predicted molar refractivity (Wildman–Crippen MR) is 88.4 cm³/mol. The van der Waals surface area contributed by atoms with E-state index < -0.39 is 16.4 Å². The lowest BCUT2D eigenvalue weighted by Gasteiger charge is -2.26. The van der Waals surface area contributed by atoms with Crippen molar-refractivity contribution >= 4 is 22.5 Å². The van der Waals surface area contributed by atoms with Crippen molar-refractivity contribution in [3.63, 3.8) is 0 Å². The molecule has 0 saturated heterocycles. The highest BCUT2D eigenvalue weighted by Crippen LogP contribution is 2.26. The van der Waals surface area contributed by atoms with Crippen LogP contribution in [-0.4, -0.2) is 33.7 Å². The first-order chi connectivity index (χ1) is 10.5. The smallest absolute Gasteiger partial charge is 0.319 e. The normalized spacial score (nSPS) is 19.0. The Morgan fingerprint density at radius 2 is 1.95 bits per heavy atom. The van der Waals surface area contributed by atoms with Gasteiger partial charge in [0.15, 0.2) is 0 Å². The van der Waals surface area contributed by atoms with Gasteiger partial charge in [-0.3, -0.25) is 4.21 Å². The van der Waals surface area contributed by atoms with E-state index in [9.17, 15) is 14.1 Å². The van der Waals surface area contributed by atoms with Crippen LogP contribution in [0.15, 0.2) is 29.2 Å². The molecule has 1 aromatic rings. The zero-order valence-electron chi connectivity index (χ0n) is 12.9. The largest absolute Gasteiger partial charge is 0.388 e. The molecule has 1 aliphatic rings. The maximum absolute atomic E-state index is 12.0. The van der Waals surface area contributed by atoms with E-state index in [1.54, 1.807) is 30.5 Å². The molecule has 0 aliphatic heterocycles. The molecular formula is C16H24N2O3S. The molecule has 1 saturated carbocycles. The standard InChI is InChI=1S/C16H24N2O3S/c1-22(21)14-8-6-7-13(11-14)18-15(19)17-12-16(20)9-4-2-3-5-10-16/h6-8,11,20H,2-5,9-10,12H2,1H3,(H2,17,18,19)/t22-/m0/s1. The van der Waals surface area contributed by atoms with E-state index in [-0.39, 0.29) is 12.6 Å². The number of nitrogens with one attached hydrogen (secondary N) is 2. The summed E-state index contributed by atoms with van der Waals surface area (Å²) in [7, 11) is -1.08. The number of carbonyl (C=O) groups excluding carboxylic acids is 1. The molecule has 6 heteroatoms. The summed E-state index contributed by atoms with van der Waals surface area (Å²) in [5.74, 6) is 0. The van der Waals surface area contributed by atoms with Crippen LogP contribution in [-0.2, 0) is 10.8 Å². The highest BCUT2D eigenvalue weighted by molar-refractivity contribution is 7.84. The number of urea groups is 1. The molecule has 122 valence electrons. The van der Waals surface area contributed by atoms with E-state index in [0.29, 0.717) is 10.6 Å². The molecule has 1 atom stereocenters. The summed E-state index contributed by atoms with van der Waals surface area (Å²) in [6.45, 7) is 0.262. The molecule has 1 fully saturated rings. The zero-order valence-corrected chi connectivity index (χ0v) is 13.7. The van der Waals surface area contributed by atoms with Crippen LogP contribution in [0.5, 0.6) is 0 Å². The van der Waals surface area contributed by atoms with Gasteiger partial charge in [0.1, 0.15) is 0 Å². The van der Waals surface area contributed by atoms with Gasteiger partial charge >= 0.3 is 6.03 Å². The van der Waals surface area contributed by atoms with Gasteiger partial charge in [0.05, 0.1) is 5.60 Å². The van der Waals surface area contributed by atoms with Crippen molar-refractivity contribution < 1.29 is 14.1 Å². The molecule has 1 aliphatic carbocycles. The van der Waals surface area contributed by atoms with E-state index in [1.165, 1.54) is 0 Å². The van der Waals surface area contributed by atoms with Gasteiger partial charge in [0.2, 0.25) is 0 Å². The number of rotatable bonds is 4. The number of hydrogen-bond acceptors (Lipinski definition) is 3. The van der Waals surface area contributed by atoms with Crippen molar-refractivity contribution in [1.82, 2.24) is 5.32 Å². The predicted octanol–water partition coefficient (Wildman–Crippen LogP) is 2.63. The second-order valence-electron chi connectivity index (χ2n) is 5.93. The van der Waals surface area contributed by atoms with Gasteiger partial charge in [-0.2, -0.15) is 0 Å². The molecule has 2 amide bonds. The van der Waals surface area contributed by atoms with Crippen molar-refractivity contribution in [1.29, 1.82) is 0 Å². The first-order valence-corrected chi connectivity index (χ1v) is 9.25. The number of carbonyl (C=O) groups is 1. The van der Waals surface area contributed by atoms with Crippen LogP contribution in [0.4, 0.5) is 10.5 Å². The van der Waals surface area contributed by atoms with Crippen LogP contribution in [0.25, 0.3) is 0 Å². The van der Waals surface area contributed by atoms with Crippen molar-refractivity contribution in [2.45, 2.75) is 49.0 Å². The number of anilines is 1. The number of aliphatic hydroxyl groups is 1. The van der Waals surface area contributed by atoms with Crippen LogP contribution in [0.3, 0.4) is 0 Å². The number of hydrogen-bond donors (Lipinski definition) is 3. The third-order valence-electron chi connectivity index (χ3n) is 4.04. The Bertz CT molecular complexity index is 540. The fourth-order valence-corrected chi connectivity index (χ4v) is 3.30. The summed E-state index contributed by atoms with van der Waals surface area (Å²) in [6, 6.07) is 6.60. The number of amides is 2. The average Bonchev–Trinajstić information content (AvgIpc) is 2.71. The first kappa shape index (κ1) is 17.0. The van der Waals surface area contributed by atoms with Crippen molar-refractivity contribution in [3.05, 3.63) is 24.3 Å². The summed E-state index contributed by atoms with van der Waals surface area (Å²) in [6.07, 6.45) is 7.37. The van der Waals surface area contributed by atoms with Crippen LogP contribution in [0.2, 0.25) is 0 Å². The fourth-order valence-electron chi connectivity index (χ4n) is 2.74. The van der Waals surface area contributed by atoms with Crippen molar-refractivity contribution in [2.75, 3.05) is 18.1 Å². The number of benzene rings is 1. The van der Waals surface area contributed by atoms with Crippen LogP contribution >= 0.6 is 0 Å². The van der Waals surface area contributed by atoms with Crippen LogP contribution in [0, 0.1) is 0 Å². The lowest BCUT2D eigenvalue weighted by atomic mass is 9.95. The topological polar surface area (TPSA) is 78.4 Å². The van der Waals surface area contributed by atoms with E-state index >= 15 is 0 Å². The highest BCUT2D eigenvalue weighted by atomic mass is 32.2. The molecule has 0 unspecified atom stereocenters. The van der Waals surface area contributed by atoms with Crippen LogP contribution < -0.4 is 10.6 Å². The Labute approximate surface area is 134 Å². The van der Waals surface area contributed by atoms with Crippen molar-refractivity contribution in [3.8, 4) is 0 Å². The Morgan fingerprint density at radius 3 is 2.59 bits per heavy atom. The second-order valence-corrected chi connectivity index (χ2v) is 7.31. The van der Waals surface area contributed by atoms with Gasteiger partial charge < -0.3 is 15.7 Å². The quantitative estimate of drug-likeness (QED) is 0.745. The van der Waals surface area contributed by atoms with E-state index in [0.717, 1.165) is 38.5 Å². The SMILES string of the molecule is C[S@](=O)c1cccc(NC(=O)NCC2(O)CCCCCC2)c1. The maximum Gasteiger partial charge on any atom is 0.319 e. The summed E-state index contributed by atoms with van der Waals surface area (Å²) in [5, 5.41) is 16.0. The monoisotopic (exact) mass is 324 g/mol. The third kappa shape index (κ3) is 5.10. The van der Waals surface area contributed by atoms with E-state index in [1.807, 2.05) is 0 Å². The van der Waals surface area contributed by atoms with E-state index in [4.69, 9.17) is 0 Å². The molecule has 1 aromatic carbocycles. The highest BCUT2D eigenvalue weighted by Gasteiger charge is 2.28. The Hall–Kier alpha value is -1.40. The summed E-state index contributed by atoms with van der Waals surface area (Å²) in [4.78, 5) is 12.6. The molecule has 0 radical (unpaired) electrons. The summed E-state index contributed by atoms with van der Waals surface area (Å²) >= 11 is 0. The molecule has 22 heavy (non-hydrogen) atoms. The molecule has 2 rings (SSSR count). The van der Waals surface area contributed by atoms with Gasteiger partial charge in [0.25, 0.3) is 0 Å². The lowest BCUT2D eigenvalue weighted by Crippen LogP contribution is -2.44. The average molecular weight is 324 g/mol. The molecule has 3 N–H and O–H groups in total. The minimum Gasteiger partial charge on any atom is -0.388 e. The Balaban J connectivity index is 1.87. The van der Waals surface area contributed by atoms with E-state index in [2.05, 4.69) is 10.6 Å². The third-order valence-corrected chi connectivity index (χ3v) is 4.95. The summed E-state index contributed by atoms with van der Waals surface area (Å²) in [5.41, 5.74) is -0.196. The Morgan fingerprint density at radius 1 is 1.27 bits per heavy atom. The molecule has 0 bridgehead atoms. The van der Waals surface area contributed by atoms with Gasteiger partial charge in [0, 0.05) is 34.2 Å². The second kappa shape index (κ2) is 7.74. The fraction of sp³-hybridized carbons (Fsp3) is 0.562. The first-order valence-electron chi connectivity index (χ1n) is 7.69. The molecule has 0 aromatic heterocycles. The van der Waals surface area contributed by atoms with Gasteiger partial charge in [-0.05, 0) is 31.0 Å². The Kier molecular flexibility index (Phi) is 5.97. The van der Waals surface area contributed by atoms with Gasteiger partial charge in [-0.15, -0.1) is 0 Å². The van der Waals surface area contributed by atoms with Gasteiger partial charge in [-0.1, -0.05) is 31.7 Å². The van der Waals surface area contributed by atoms with Crippen molar-refractivity contribution in [2.24, 2.45) is 0 Å². The molecule has 0 heterocycles. The maximum atomic E-state index is 12.0. The summed E-state index contributed by atoms with van der Waals surface area (Å²) < 4.78 is 11.4.